The number of hydrogen-bond acceptors (Lipinski definition) is 4. The Hall–Kier alpha value is -3.39. The number of fused-ring (bicyclic) bond motifs is 3. The molecule has 0 bridgehead atoms. The van der Waals surface area contributed by atoms with Gasteiger partial charge in [-0.1, -0.05) is 12.1 Å². The average Bonchev–Trinajstić information content (AvgIpc) is 2.98. The van der Waals surface area contributed by atoms with Crippen molar-refractivity contribution < 1.29 is 4.74 Å². The van der Waals surface area contributed by atoms with Crippen molar-refractivity contribution in [3.8, 4) is 23.1 Å². The van der Waals surface area contributed by atoms with Crippen molar-refractivity contribution in [2.45, 2.75) is 0 Å². The van der Waals surface area contributed by atoms with Crippen molar-refractivity contribution in [2.24, 2.45) is 0 Å². The Morgan fingerprint density at radius 1 is 1.04 bits per heavy atom. The summed E-state index contributed by atoms with van der Waals surface area (Å²) in [7, 11) is 1.62. The molecule has 0 amide bonds. The van der Waals surface area contributed by atoms with Gasteiger partial charge in [-0.15, -0.1) is 0 Å². The molecule has 23 heavy (non-hydrogen) atoms. The van der Waals surface area contributed by atoms with Crippen LogP contribution in [0.2, 0.25) is 0 Å². The van der Waals surface area contributed by atoms with Gasteiger partial charge in [0, 0.05) is 11.8 Å². The van der Waals surface area contributed by atoms with Gasteiger partial charge in [0.1, 0.15) is 11.8 Å². The fraction of sp³-hybridized carbons (Fsp3) is 0.0556. The highest BCUT2D eigenvalue weighted by Crippen LogP contribution is 2.26. The van der Waals surface area contributed by atoms with E-state index in [1.807, 2.05) is 52.9 Å². The zero-order valence-electron chi connectivity index (χ0n) is 12.4. The summed E-state index contributed by atoms with van der Waals surface area (Å²) in [5.74, 6) is 1.34. The molecular weight excluding hydrogens is 288 g/mol. The standard InChI is InChI=1S/C18H12N4O/c1-23-14-8-6-12(7-9-14)17-13(10-19)11-22-16-5-3-2-4-15(16)20-18(22)21-17/h2-9,11H,1H3. The summed E-state index contributed by atoms with van der Waals surface area (Å²) in [5.41, 5.74) is 3.78. The third-order valence-corrected chi connectivity index (χ3v) is 3.79. The number of methoxy groups -OCH3 is 1. The fourth-order valence-corrected chi connectivity index (χ4v) is 2.64. The van der Waals surface area contributed by atoms with E-state index in [1.165, 1.54) is 0 Å². The van der Waals surface area contributed by atoms with Gasteiger partial charge in [-0.2, -0.15) is 5.26 Å². The number of hydrogen-bond donors (Lipinski definition) is 0. The Morgan fingerprint density at radius 2 is 1.83 bits per heavy atom. The van der Waals surface area contributed by atoms with Crippen LogP contribution < -0.4 is 4.74 Å². The van der Waals surface area contributed by atoms with E-state index in [4.69, 9.17) is 4.74 Å². The molecule has 0 aliphatic carbocycles. The highest BCUT2D eigenvalue weighted by Gasteiger charge is 2.12. The van der Waals surface area contributed by atoms with Crippen LogP contribution in [0.4, 0.5) is 0 Å². The van der Waals surface area contributed by atoms with Crippen LogP contribution >= 0.6 is 0 Å². The SMILES string of the molecule is COc1ccc(-c2nc3nc4ccccc4n3cc2C#N)cc1. The molecule has 2 aromatic heterocycles. The first-order valence-electron chi connectivity index (χ1n) is 7.12. The van der Waals surface area contributed by atoms with Gasteiger partial charge in [0.2, 0.25) is 5.78 Å². The highest BCUT2D eigenvalue weighted by atomic mass is 16.5. The van der Waals surface area contributed by atoms with Gasteiger partial charge in [0.25, 0.3) is 0 Å². The van der Waals surface area contributed by atoms with Gasteiger partial charge < -0.3 is 4.74 Å². The molecule has 4 aromatic rings. The summed E-state index contributed by atoms with van der Waals surface area (Å²) in [6.45, 7) is 0. The molecule has 0 radical (unpaired) electrons. The van der Waals surface area contributed by atoms with E-state index in [-0.39, 0.29) is 0 Å². The molecule has 0 unspecified atom stereocenters. The van der Waals surface area contributed by atoms with Crippen LogP contribution in [-0.4, -0.2) is 21.5 Å². The Labute approximate surface area is 132 Å². The van der Waals surface area contributed by atoms with E-state index in [2.05, 4.69) is 16.0 Å². The lowest BCUT2D eigenvalue weighted by molar-refractivity contribution is 0.415. The largest absolute Gasteiger partial charge is 0.497 e. The zero-order valence-corrected chi connectivity index (χ0v) is 12.4. The molecular formula is C18H12N4O. The predicted molar refractivity (Wildman–Crippen MR) is 87.2 cm³/mol. The van der Waals surface area contributed by atoms with Gasteiger partial charge in [-0.3, -0.25) is 4.40 Å². The first kappa shape index (κ1) is 13.3. The second kappa shape index (κ2) is 5.11. The van der Waals surface area contributed by atoms with Crippen LogP contribution in [0.1, 0.15) is 5.56 Å². The smallest absolute Gasteiger partial charge is 0.235 e. The highest BCUT2D eigenvalue weighted by molar-refractivity contribution is 5.81. The molecule has 0 saturated carbocycles. The Kier molecular flexibility index (Phi) is 2.95. The molecule has 110 valence electrons. The lowest BCUT2D eigenvalue weighted by Crippen LogP contribution is -1.96. The molecule has 4 rings (SSSR count). The van der Waals surface area contributed by atoms with E-state index in [0.29, 0.717) is 17.0 Å². The monoisotopic (exact) mass is 300 g/mol. The second-order valence-electron chi connectivity index (χ2n) is 5.11. The Morgan fingerprint density at radius 3 is 2.57 bits per heavy atom. The first-order valence-corrected chi connectivity index (χ1v) is 7.12. The Balaban J connectivity index is 1.98. The number of ether oxygens (including phenoxy) is 1. The quantitative estimate of drug-likeness (QED) is 0.569. The van der Waals surface area contributed by atoms with Crippen molar-refractivity contribution in [2.75, 3.05) is 7.11 Å². The number of rotatable bonds is 2. The molecule has 0 aliphatic rings. The summed E-state index contributed by atoms with van der Waals surface area (Å²) in [4.78, 5) is 9.13. The maximum atomic E-state index is 9.50. The van der Waals surface area contributed by atoms with E-state index in [9.17, 15) is 5.26 Å². The minimum absolute atomic E-state index is 0.505. The van der Waals surface area contributed by atoms with Crippen LogP contribution in [0.5, 0.6) is 5.75 Å². The number of imidazole rings is 1. The van der Waals surface area contributed by atoms with E-state index >= 15 is 0 Å². The molecule has 2 aromatic carbocycles. The van der Waals surface area contributed by atoms with E-state index < -0.39 is 0 Å². The van der Waals surface area contributed by atoms with Gasteiger partial charge in [-0.05, 0) is 36.4 Å². The summed E-state index contributed by atoms with van der Waals surface area (Å²) >= 11 is 0. The minimum atomic E-state index is 0.505. The topological polar surface area (TPSA) is 63.2 Å². The molecule has 5 nitrogen and oxygen atoms in total. The van der Waals surface area contributed by atoms with Crippen LogP contribution in [0.3, 0.4) is 0 Å². The van der Waals surface area contributed by atoms with Gasteiger partial charge in [0.05, 0.1) is 29.4 Å². The van der Waals surface area contributed by atoms with Crippen LogP contribution in [0.25, 0.3) is 28.1 Å². The maximum Gasteiger partial charge on any atom is 0.235 e. The lowest BCUT2D eigenvalue weighted by Gasteiger charge is -2.06. The lowest BCUT2D eigenvalue weighted by atomic mass is 10.1. The number of benzene rings is 2. The van der Waals surface area contributed by atoms with Crippen molar-refractivity contribution in [1.82, 2.24) is 14.4 Å². The molecule has 5 heteroatoms. The molecule has 0 spiro atoms. The molecule has 0 saturated heterocycles. The summed E-state index contributed by atoms with van der Waals surface area (Å²) in [5, 5.41) is 9.50. The van der Waals surface area contributed by atoms with E-state index in [1.54, 1.807) is 13.3 Å². The number of nitrogens with zero attached hydrogens (tertiary/aromatic N) is 4. The van der Waals surface area contributed by atoms with Crippen molar-refractivity contribution in [3.63, 3.8) is 0 Å². The number of para-hydroxylation sites is 2. The molecule has 0 aliphatic heterocycles. The summed E-state index contributed by atoms with van der Waals surface area (Å²) < 4.78 is 7.02. The predicted octanol–water partition coefficient (Wildman–Crippen LogP) is 3.43. The fourth-order valence-electron chi connectivity index (χ4n) is 2.64. The van der Waals surface area contributed by atoms with E-state index in [0.717, 1.165) is 22.3 Å². The third-order valence-electron chi connectivity index (χ3n) is 3.79. The third kappa shape index (κ3) is 2.09. The molecule has 2 heterocycles. The summed E-state index contributed by atoms with van der Waals surface area (Å²) in [6, 6.07) is 17.5. The first-order chi connectivity index (χ1) is 11.3. The summed E-state index contributed by atoms with van der Waals surface area (Å²) in [6.07, 6.45) is 1.79. The Bertz CT molecular complexity index is 1060. The zero-order chi connectivity index (χ0) is 15.8. The molecule has 0 N–H and O–H groups in total. The van der Waals surface area contributed by atoms with Gasteiger partial charge in [0.15, 0.2) is 0 Å². The average molecular weight is 300 g/mol. The number of nitriles is 1. The van der Waals surface area contributed by atoms with Crippen LogP contribution in [0, 0.1) is 11.3 Å². The normalized spacial score (nSPS) is 10.8. The minimum Gasteiger partial charge on any atom is -0.497 e. The van der Waals surface area contributed by atoms with Crippen molar-refractivity contribution in [3.05, 3.63) is 60.3 Å². The second-order valence-corrected chi connectivity index (χ2v) is 5.11. The molecule has 0 fully saturated rings. The van der Waals surface area contributed by atoms with Crippen molar-refractivity contribution >= 4 is 16.8 Å². The number of aromatic nitrogens is 3. The van der Waals surface area contributed by atoms with Gasteiger partial charge >= 0.3 is 0 Å². The van der Waals surface area contributed by atoms with Crippen LogP contribution in [0.15, 0.2) is 54.7 Å². The van der Waals surface area contributed by atoms with Gasteiger partial charge in [-0.25, -0.2) is 9.97 Å². The molecule has 0 atom stereocenters. The maximum absolute atomic E-state index is 9.50. The van der Waals surface area contributed by atoms with Crippen LogP contribution in [-0.2, 0) is 0 Å². The van der Waals surface area contributed by atoms with Crippen molar-refractivity contribution in [1.29, 1.82) is 5.26 Å².